The smallest absolute Gasteiger partial charge is 0.308 e. The van der Waals surface area contributed by atoms with Gasteiger partial charge in [0.1, 0.15) is 0 Å². The van der Waals surface area contributed by atoms with Crippen LogP contribution in [-0.2, 0) is 14.4 Å². The first kappa shape index (κ1) is 12.4. The molecule has 0 radical (unpaired) electrons. The van der Waals surface area contributed by atoms with Gasteiger partial charge in [0.2, 0.25) is 5.91 Å². The molecule has 0 aromatic heterocycles. The lowest BCUT2D eigenvalue weighted by molar-refractivity contribution is -0.148. The fourth-order valence-electron chi connectivity index (χ4n) is 0.820. The number of carbonyl (C=O) groups excluding carboxylic acids is 1. The van der Waals surface area contributed by atoms with Gasteiger partial charge < -0.3 is 15.5 Å². The minimum atomic E-state index is -1.22. The Morgan fingerprint density at radius 1 is 1.29 bits per heavy atom. The molecule has 0 fully saturated rings. The van der Waals surface area contributed by atoms with E-state index in [-0.39, 0.29) is 18.9 Å². The SMILES string of the molecule is CCC(=O)NCC(CC(=O)O)C(=O)O. The summed E-state index contributed by atoms with van der Waals surface area (Å²) < 4.78 is 0. The molecule has 0 bridgehead atoms. The predicted octanol–water partition coefficient (Wildman–Crippen LogP) is -0.312. The van der Waals surface area contributed by atoms with Crippen molar-refractivity contribution in [2.24, 2.45) is 5.92 Å². The largest absolute Gasteiger partial charge is 0.481 e. The average molecular weight is 203 g/mol. The molecule has 0 spiro atoms. The van der Waals surface area contributed by atoms with Crippen LogP contribution in [0.4, 0.5) is 0 Å². The lowest BCUT2D eigenvalue weighted by Crippen LogP contribution is -2.33. The van der Waals surface area contributed by atoms with Gasteiger partial charge in [0.15, 0.2) is 0 Å². The van der Waals surface area contributed by atoms with Gasteiger partial charge in [-0.15, -0.1) is 0 Å². The third-order valence-electron chi connectivity index (χ3n) is 1.64. The van der Waals surface area contributed by atoms with Crippen LogP contribution in [0.3, 0.4) is 0 Å². The van der Waals surface area contributed by atoms with Crippen molar-refractivity contribution in [3.63, 3.8) is 0 Å². The Bertz CT molecular complexity index is 238. The topological polar surface area (TPSA) is 104 Å². The minimum Gasteiger partial charge on any atom is -0.481 e. The van der Waals surface area contributed by atoms with Gasteiger partial charge in [-0.3, -0.25) is 14.4 Å². The number of hydrogen-bond donors (Lipinski definition) is 3. The first-order chi connectivity index (χ1) is 6.47. The Hall–Kier alpha value is -1.59. The molecule has 3 N–H and O–H groups in total. The number of carboxylic acids is 2. The molecule has 0 saturated heterocycles. The second-order valence-corrected chi connectivity index (χ2v) is 2.79. The second kappa shape index (κ2) is 5.95. The summed E-state index contributed by atoms with van der Waals surface area (Å²) in [5.41, 5.74) is 0. The van der Waals surface area contributed by atoms with Crippen LogP contribution in [0.1, 0.15) is 19.8 Å². The van der Waals surface area contributed by atoms with Crippen molar-refractivity contribution in [2.45, 2.75) is 19.8 Å². The summed E-state index contributed by atoms with van der Waals surface area (Å²) in [6, 6.07) is 0. The number of rotatable bonds is 6. The molecule has 0 rings (SSSR count). The van der Waals surface area contributed by atoms with E-state index in [1.807, 2.05) is 0 Å². The van der Waals surface area contributed by atoms with Crippen LogP contribution >= 0.6 is 0 Å². The van der Waals surface area contributed by atoms with E-state index >= 15 is 0 Å². The molecule has 6 nitrogen and oxygen atoms in total. The second-order valence-electron chi connectivity index (χ2n) is 2.79. The average Bonchev–Trinajstić information content (AvgIpc) is 2.10. The summed E-state index contributed by atoms with van der Waals surface area (Å²) in [5, 5.41) is 19.3. The molecular weight excluding hydrogens is 190 g/mol. The van der Waals surface area contributed by atoms with Crippen LogP contribution in [0.25, 0.3) is 0 Å². The summed E-state index contributed by atoms with van der Waals surface area (Å²) in [6.45, 7) is 1.48. The van der Waals surface area contributed by atoms with Gasteiger partial charge in [-0.2, -0.15) is 0 Å². The first-order valence-electron chi connectivity index (χ1n) is 4.18. The number of aliphatic carboxylic acids is 2. The van der Waals surface area contributed by atoms with Crippen molar-refractivity contribution >= 4 is 17.8 Å². The van der Waals surface area contributed by atoms with Gasteiger partial charge in [-0.1, -0.05) is 6.92 Å². The van der Waals surface area contributed by atoms with Crippen molar-refractivity contribution < 1.29 is 24.6 Å². The van der Waals surface area contributed by atoms with E-state index < -0.39 is 24.3 Å². The number of amides is 1. The normalized spacial score (nSPS) is 11.8. The van der Waals surface area contributed by atoms with Crippen molar-refractivity contribution in [1.29, 1.82) is 0 Å². The molecule has 0 heterocycles. The fraction of sp³-hybridized carbons (Fsp3) is 0.625. The Balaban J connectivity index is 4.04. The lowest BCUT2D eigenvalue weighted by atomic mass is 10.1. The standard InChI is InChI=1S/C8H13NO5/c1-2-6(10)9-4-5(8(13)14)3-7(11)12/h5H,2-4H2,1H3,(H,9,10)(H,11,12)(H,13,14). The summed E-state index contributed by atoms with van der Waals surface area (Å²) >= 11 is 0. The van der Waals surface area contributed by atoms with Crippen LogP contribution in [0.2, 0.25) is 0 Å². The van der Waals surface area contributed by atoms with Crippen molar-refractivity contribution in [1.82, 2.24) is 5.32 Å². The van der Waals surface area contributed by atoms with Crippen LogP contribution in [0.15, 0.2) is 0 Å². The molecule has 0 aliphatic rings. The number of hydrogen-bond acceptors (Lipinski definition) is 3. The Labute approximate surface area is 80.9 Å². The third-order valence-corrected chi connectivity index (χ3v) is 1.64. The molecule has 6 heteroatoms. The van der Waals surface area contributed by atoms with E-state index in [9.17, 15) is 14.4 Å². The van der Waals surface area contributed by atoms with E-state index in [1.54, 1.807) is 6.92 Å². The maximum atomic E-state index is 10.8. The molecular formula is C8H13NO5. The molecule has 0 aliphatic carbocycles. The van der Waals surface area contributed by atoms with E-state index in [0.29, 0.717) is 0 Å². The molecule has 1 atom stereocenters. The minimum absolute atomic E-state index is 0.145. The van der Waals surface area contributed by atoms with E-state index in [4.69, 9.17) is 10.2 Å². The molecule has 80 valence electrons. The van der Waals surface area contributed by atoms with Gasteiger partial charge in [-0.25, -0.2) is 0 Å². The fourth-order valence-corrected chi connectivity index (χ4v) is 0.820. The maximum Gasteiger partial charge on any atom is 0.308 e. The highest BCUT2D eigenvalue weighted by Crippen LogP contribution is 2.01. The van der Waals surface area contributed by atoms with Gasteiger partial charge >= 0.3 is 11.9 Å². The molecule has 14 heavy (non-hydrogen) atoms. The van der Waals surface area contributed by atoms with Crippen molar-refractivity contribution in [3.05, 3.63) is 0 Å². The van der Waals surface area contributed by atoms with Crippen LogP contribution in [-0.4, -0.2) is 34.6 Å². The monoisotopic (exact) mass is 203 g/mol. The molecule has 1 amide bonds. The van der Waals surface area contributed by atoms with Crippen molar-refractivity contribution in [3.8, 4) is 0 Å². The van der Waals surface area contributed by atoms with Crippen molar-refractivity contribution in [2.75, 3.05) is 6.54 Å². The molecule has 0 aromatic rings. The van der Waals surface area contributed by atoms with Crippen LogP contribution in [0.5, 0.6) is 0 Å². The lowest BCUT2D eigenvalue weighted by Gasteiger charge is -2.10. The highest BCUT2D eigenvalue weighted by atomic mass is 16.4. The van der Waals surface area contributed by atoms with E-state index in [1.165, 1.54) is 0 Å². The molecule has 0 aliphatic heterocycles. The number of carboxylic acid groups (broad SMARTS) is 2. The van der Waals surface area contributed by atoms with E-state index in [2.05, 4.69) is 5.32 Å². The quantitative estimate of drug-likeness (QED) is 0.549. The molecule has 1 unspecified atom stereocenters. The highest BCUT2D eigenvalue weighted by Gasteiger charge is 2.21. The van der Waals surface area contributed by atoms with Crippen LogP contribution in [0, 0.1) is 5.92 Å². The first-order valence-corrected chi connectivity index (χ1v) is 4.18. The van der Waals surface area contributed by atoms with Gasteiger partial charge in [0.05, 0.1) is 12.3 Å². The molecule has 0 saturated carbocycles. The maximum absolute atomic E-state index is 10.8. The zero-order chi connectivity index (χ0) is 11.1. The zero-order valence-corrected chi connectivity index (χ0v) is 7.82. The molecule has 0 aromatic carbocycles. The summed E-state index contributed by atoms with van der Waals surface area (Å²) in [4.78, 5) is 31.5. The number of nitrogens with one attached hydrogen (secondary N) is 1. The van der Waals surface area contributed by atoms with Crippen LogP contribution < -0.4 is 5.32 Å². The predicted molar refractivity (Wildman–Crippen MR) is 46.7 cm³/mol. The summed E-state index contributed by atoms with van der Waals surface area (Å²) in [6.07, 6.45) is -0.237. The van der Waals surface area contributed by atoms with Gasteiger partial charge in [0.25, 0.3) is 0 Å². The number of carbonyl (C=O) groups is 3. The summed E-state index contributed by atoms with van der Waals surface area (Å²) in [7, 11) is 0. The van der Waals surface area contributed by atoms with E-state index in [0.717, 1.165) is 0 Å². The Morgan fingerprint density at radius 2 is 1.86 bits per heavy atom. The van der Waals surface area contributed by atoms with Gasteiger partial charge in [-0.05, 0) is 0 Å². The van der Waals surface area contributed by atoms with Gasteiger partial charge in [0, 0.05) is 13.0 Å². The summed E-state index contributed by atoms with van der Waals surface area (Å²) in [5.74, 6) is -3.77. The Morgan fingerprint density at radius 3 is 2.21 bits per heavy atom. The Kier molecular flexibility index (Phi) is 5.28. The highest BCUT2D eigenvalue weighted by molar-refractivity contribution is 5.80. The zero-order valence-electron chi connectivity index (χ0n) is 7.82. The third kappa shape index (κ3) is 5.13.